The molecule has 1 nitrogen and oxygen atoms in total. The lowest BCUT2D eigenvalue weighted by molar-refractivity contribution is -0.137. The van der Waals surface area contributed by atoms with Crippen molar-refractivity contribution in [1.82, 2.24) is 0 Å². The average molecular weight is 308 g/mol. The van der Waals surface area contributed by atoms with Gasteiger partial charge in [0.2, 0.25) is 0 Å². The van der Waals surface area contributed by atoms with Gasteiger partial charge in [-0.1, -0.05) is 28.4 Å². The van der Waals surface area contributed by atoms with Gasteiger partial charge in [-0.2, -0.15) is 13.2 Å². The Morgan fingerprint density at radius 1 is 1.29 bits per heavy atom. The van der Waals surface area contributed by atoms with E-state index in [-0.39, 0.29) is 5.41 Å². The van der Waals surface area contributed by atoms with Crippen LogP contribution in [0.25, 0.3) is 0 Å². The number of benzene rings is 1. The van der Waals surface area contributed by atoms with Crippen molar-refractivity contribution in [3.8, 4) is 0 Å². The van der Waals surface area contributed by atoms with Crippen molar-refractivity contribution in [2.75, 3.05) is 6.54 Å². The molecule has 1 aromatic carbocycles. The molecule has 1 aliphatic carbocycles. The van der Waals surface area contributed by atoms with Crippen molar-refractivity contribution in [2.45, 2.75) is 30.9 Å². The zero-order valence-electron chi connectivity index (χ0n) is 9.15. The highest BCUT2D eigenvalue weighted by Crippen LogP contribution is 2.46. The number of nitrogens with two attached hydrogens (primary N) is 1. The van der Waals surface area contributed by atoms with Gasteiger partial charge in [-0.3, -0.25) is 0 Å². The molecule has 1 aliphatic rings. The van der Waals surface area contributed by atoms with Crippen LogP contribution >= 0.6 is 15.9 Å². The van der Waals surface area contributed by atoms with Gasteiger partial charge in [0.15, 0.2) is 0 Å². The Labute approximate surface area is 106 Å². The molecule has 2 N–H and O–H groups in total. The summed E-state index contributed by atoms with van der Waals surface area (Å²) in [6, 6.07) is 3.83. The lowest BCUT2D eigenvalue weighted by Gasteiger charge is -2.42. The SMILES string of the molecule is NCC1(c2ccc(C(F)(F)F)cc2Br)CCC1. The molecule has 0 aromatic heterocycles. The summed E-state index contributed by atoms with van der Waals surface area (Å²) in [4.78, 5) is 0. The predicted octanol–water partition coefficient (Wildman–Crippen LogP) is 3.85. The molecule has 0 atom stereocenters. The third-order valence-corrected chi connectivity index (χ3v) is 4.23. The topological polar surface area (TPSA) is 26.0 Å². The first-order valence-electron chi connectivity index (χ1n) is 5.46. The molecule has 0 saturated heterocycles. The molecule has 5 heteroatoms. The highest BCUT2D eigenvalue weighted by Gasteiger charge is 2.39. The third-order valence-electron chi connectivity index (χ3n) is 3.57. The van der Waals surface area contributed by atoms with Crippen LogP contribution in [0.3, 0.4) is 0 Å². The molecule has 1 fully saturated rings. The maximum Gasteiger partial charge on any atom is 0.416 e. The van der Waals surface area contributed by atoms with E-state index in [1.54, 1.807) is 6.07 Å². The molecule has 0 aliphatic heterocycles. The first-order valence-corrected chi connectivity index (χ1v) is 6.26. The molecule has 0 unspecified atom stereocenters. The molecule has 1 aromatic rings. The summed E-state index contributed by atoms with van der Waals surface area (Å²) >= 11 is 3.24. The van der Waals surface area contributed by atoms with Gasteiger partial charge < -0.3 is 5.73 Å². The molecular weight excluding hydrogens is 295 g/mol. The van der Waals surface area contributed by atoms with Crippen molar-refractivity contribution in [1.29, 1.82) is 0 Å². The minimum Gasteiger partial charge on any atom is -0.330 e. The Kier molecular flexibility index (Phi) is 3.25. The van der Waals surface area contributed by atoms with Crippen LogP contribution < -0.4 is 5.73 Å². The van der Waals surface area contributed by atoms with Crippen LogP contribution in [0.2, 0.25) is 0 Å². The molecule has 2 rings (SSSR count). The van der Waals surface area contributed by atoms with Gasteiger partial charge in [0.25, 0.3) is 0 Å². The Balaban J connectivity index is 2.38. The summed E-state index contributed by atoms with van der Waals surface area (Å²) in [5.41, 5.74) is 5.91. The first-order chi connectivity index (χ1) is 7.89. The number of rotatable bonds is 2. The van der Waals surface area contributed by atoms with Crippen LogP contribution in [0.1, 0.15) is 30.4 Å². The van der Waals surface area contributed by atoms with Gasteiger partial charge >= 0.3 is 6.18 Å². The second-order valence-corrected chi connectivity index (χ2v) is 5.38. The maximum atomic E-state index is 12.5. The fourth-order valence-electron chi connectivity index (χ4n) is 2.31. The molecule has 0 spiro atoms. The second-order valence-electron chi connectivity index (χ2n) is 4.53. The quantitative estimate of drug-likeness (QED) is 0.882. The van der Waals surface area contributed by atoms with E-state index in [0.29, 0.717) is 11.0 Å². The lowest BCUT2D eigenvalue weighted by atomic mass is 9.64. The molecule has 94 valence electrons. The minimum atomic E-state index is -4.30. The zero-order valence-corrected chi connectivity index (χ0v) is 10.7. The number of halogens is 4. The largest absolute Gasteiger partial charge is 0.416 e. The Morgan fingerprint density at radius 2 is 1.94 bits per heavy atom. The van der Waals surface area contributed by atoms with Gasteiger partial charge in [0, 0.05) is 16.4 Å². The van der Waals surface area contributed by atoms with Crippen LogP contribution in [-0.4, -0.2) is 6.54 Å². The maximum absolute atomic E-state index is 12.5. The van der Waals surface area contributed by atoms with E-state index in [1.165, 1.54) is 0 Å². The molecular formula is C12H13BrF3N. The van der Waals surface area contributed by atoms with Gasteiger partial charge in [-0.25, -0.2) is 0 Å². The summed E-state index contributed by atoms with van der Waals surface area (Å²) in [7, 11) is 0. The van der Waals surface area contributed by atoms with E-state index < -0.39 is 11.7 Å². The number of alkyl halides is 3. The van der Waals surface area contributed by atoms with Gasteiger partial charge in [0.1, 0.15) is 0 Å². The van der Waals surface area contributed by atoms with Crippen LogP contribution in [0.15, 0.2) is 22.7 Å². The number of hydrogen-bond donors (Lipinski definition) is 1. The van der Waals surface area contributed by atoms with Crippen LogP contribution in [0.5, 0.6) is 0 Å². The van der Waals surface area contributed by atoms with Crippen molar-refractivity contribution < 1.29 is 13.2 Å². The monoisotopic (exact) mass is 307 g/mol. The fourth-order valence-corrected chi connectivity index (χ4v) is 3.11. The summed E-state index contributed by atoms with van der Waals surface area (Å²) in [5, 5.41) is 0. The number of hydrogen-bond acceptors (Lipinski definition) is 1. The molecule has 0 amide bonds. The van der Waals surface area contributed by atoms with E-state index in [1.807, 2.05) is 0 Å². The Morgan fingerprint density at radius 3 is 2.29 bits per heavy atom. The fraction of sp³-hybridized carbons (Fsp3) is 0.500. The molecule has 1 saturated carbocycles. The highest BCUT2D eigenvalue weighted by atomic mass is 79.9. The van der Waals surface area contributed by atoms with Gasteiger partial charge in [-0.15, -0.1) is 0 Å². The van der Waals surface area contributed by atoms with E-state index in [9.17, 15) is 13.2 Å². The van der Waals surface area contributed by atoms with E-state index in [4.69, 9.17) is 5.73 Å². The second kappa shape index (κ2) is 4.28. The summed E-state index contributed by atoms with van der Waals surface area (Å²) in [5.74, 6) is 0. The average Bonchev–Trinajstić information content (AvgIpc) is 2.17. The summed E-state index contributed by atoms with van der Waals surface area (Å²) in [6.07, 6.45) is -1.30. The summed E-state index contributed by atoms with van der Waals surface area (Å²) in [6.45, 7) is 0.483. The van der Waals surface area contributed by atoms with Crippen molar-refractivity contribution in [3.63, 3.8) is 0 Å². The van der Waals surface area contributed by atoms with E-state index in [2.05, 4.69) is 15.9 Å². The van der Waals surface area contributed by atoms with Crippen LogP contribution in [0.4, 0.5) is 13.2 Å². The van der Waals surface area contributed by atoms with Crippen LogP contribution in [0, 0.1) is 0 Å². The third kappa shape index (κ3) is 2.22. The van der Waals surface area contributed by atoms with E-state index in [0.717, 1.165) is 37.0 Å². The molecule has 0 radical (unpaired) electrons. The Hall–Kier alpha value is -0.550. The van der Waals surface area contributed by atoms with E-state index >= 15 is 0 Å². The van der Waals surface area contributed by atoms with Crippen molar-refractivity contribution >= 4 is 15.9 Å². The van der Waals surface area contributed by atoms with Crippen molar-refractivity contribution in [2.24, 2.45) is 5.73 Å². The van der Waals surface area contributed by atoms with Crippen LogP contribution in [-0.2, 0) is 11.6 Å². The predicted molar refractivity (Wildman–Crippen MR) is 63.7 cm³/mol. The van der Waals surface area contributed by atoms with Gasteiger partial charge in [0.05, 0.1) is 5.56 Å². The smallest absolute Gasteiger partial charge is 0.330 e. The standard InChI is InChI=1S/C12H13BrF3N/c13-10-6-8(12(14,15)16)2-3-9(10)11(7-17)4-1-5-11/h2-3,6H,1,4-5,7,17H2. The normalized spacial score (nSPS) is 18.9. The molecule has 0 bridgehead atoms. The minimum absolute atomic E-state index is 0.122. The Bertz CT molecular complexity index is 419. The highest BCUT2D eigenvalue weighted by molar-refractivity contribution is 9.10. The zero-order chi connectivity index (χ0) is 12.7. The first kappa shape index (κ1) is 12.9. The molecule has 0 heterocycles. The van der Waals surface area contributed by atoms with Crippen molar-refractivity contribution in [3.05, 3.63) is 33.8 Å². The molecule has 17 heavy (non-hydrogen) atoms. The summed E-state index contributed by atoms with van der Waals surface area (Å²) < 4.78 is 38.1. The van der Waals surface area contributed by atoms with Gasteiger partial charge in [-0.05, 0) is 30.5 Å². The lowest BCUT2D eigenvalue weighted by Crippen LogP contribution is -2.41.